The lowest BCUT2D eigenvalue weighted by molar-refractivity contribution is 0.290. The van der Waals surface area contributed by atoms with E-state index in [0.29, 0.717) is 6.73 Å². The van der Waals surface area contributed by atoms with Gasteiger partial charge in [0, 0.05) is 47.3 Å². The van der Waals surface area contributed by atoms with Crippen molar-refractivity contribution in [2.45, 2.75) is 26.9 Å². The maximum absolute atomic E-state index is 6.32. The van der Waals surface area contributed by atoms with E-state index >= 15 is 0 Å². The fourth-order valence-corrected chi connectivity index (χ4v) is 6.74. The summed E-state index contributed by atoms with van der Waals surface area (Å²) in [6, 6.07) is 42.5. The maximum Gasteiger partial charge on any atom is 0.161 e. The van der Waals surface area contributed by atoms with Crippen molar-refractivity contribution in [3.05, 3.63) is 138 Å². The van der Waals surface area contributed by atoms with Crippen LogP contribution in [0.2, 0.25) is 0 Å². The number of terminal acetylenes is 2. The number of hydrogen-bond acceptors (Lipinski definition) is 5. The molecular weight excluding hydrogens is 629 g/mol. The van der Waals surface area contributed by atoms with Gasteiger partial charge < -0.3 is 24.0 Å². The van der Waals surface area contributed by atoms with Crippen molar-refractivity contribution < 1.29 is 14.2 Å². The molecule has 1 aliphatic rings. The van der Waals surface area contributed by atoms with Gasteiger partial charge in [-0.1, -0.05) is 78.6 Å². The van der Waals surface area contributed by atoms with Gasteiger partial charge in [-0.05, 0) is 102 Å². The van der Waals surface area contributed by atoms with E-state index in [1.807, 2.05) is 24.3 Å². The Kier molecular flexibility index (Phi) is 9.82. The van der Waals surface area contributed by atoms with Crippen LogP contribution in [0.1, 0.15) is 23.6 Å². The van der Waals surface area contributed by atoms with E-state index in [0.717, 1.165) is 64.8 Å². The van der Waals surface area contributed by atoms with Gasteiger partial charge in [-0.3, -0.25) is 0 Å². The van der Waals surface area contributed by atoms with Crippen molar-refractivity contribution in [2.24, 2.45) is 0 Å². The molecule has 0 saturated carbocycles. The van der Waals surface area contributed by atoms with E-state index < -0.39 is 0 Å². The summed E-state index contributed by atoms with van der Waals surface area (Å²) in [6.07, 6.45) is 10.7. The molecule has 5 heteroatoms. The molecule has 0 unspecified atom stereocenters. The fourth-order valence-electron chi connectivity index (χ4n) is 6.74. The molecule has 5 nitrogen and oxygen atoms in total. The highest BCUT2D eigenvalue weighted by Crippen LogP contribution is 2.38. The maximum atomic E-state index is 6.32. The molecule has 6 aromatic carbocycles. The standard InChI is InChI=1S/C46H40N2O3/c1-5-26-49-40-21-16-34(17-22-40)36-15-14-33(4)38(28-36)30-47(7-3)44-12-8-11-43-42(44)10-9-13-45(43)48-31-39-29-37(20-25-46(39)51-32-48)35-18-23-41(24-19-35)50-27-6-2/h1-2,8-25,28-29H,7,26-27,30-32H2,3-4H3. The summed E-state index contributed by atoms with van der Waals surface area (Å²) < 4.78 is 17.5. The van der Waals surface area contributed by atoms with Crippen LogP contribution in [0.25, 0.3) is 33.0 Å². The van der Waals surface area contributed by atoms with Crippen molar-refractivity contribution in [1.82, 2.24) is 0 Å². The van der Waals surface area contributed by atoms with Gasteiger partial charge in [0.1, 0.15) is 30.5 Å². The van der Waals surface area contributed by atoms with Crippen molar-refractivity contribution in [1.29, 1.82) is 0 Å². The highest BCUT2D eigenvalue weighted by Gasteiger charge is 2.21. The molecule has 0 fully saturated rings. The van der Waals surface area contributed by atoms with Crippen molar-refractivity contribution in [2.75, 3.05) is 36.3 Å². The smallest absolute Gasteiger partial charge is 0.161 e. The summed E-state index contributed by atoms with van der Waals surface area (Å²) in [5, 5.41) is 2.43. The first-order valence-electron chi connectivity index (χ1n) is 17.2. The van der Waals surface area contributed by atoms with Crippen LogP contribution in [0.5, 0.6) is 17.2 Å². The van der Waals surface area contributed by atoms with Gasteiger partial charge >= 0.3 is 0 Å². The SMILES string of the molecule is C#CCOc1ccc(-c2ccc(C)c(CN(CC)c3cccc4c(N5COc6ccc(-c7ccc(OCC#C)cc7)cc6C5)cccc34)c2)cc1. The Hall–Kier alpha value is -6.30. The lowest BCUT2D eigenvalue weighted by Crippen LogP contribution is -2.32. The fraction of sp³-hybridized carbons (Fsp3) is 0.174. The van der Waals surface area contributed by atoms with Crippen LogP contribution >= 0.6 is 0 Å². The monoisotopic (exact) mass is 668 g/mol. The lowest BCUT2D eigenvalue weighted by Gasteiger charge is -2.32. The van der Waals surface area contributed by atoms with Crippen molar-refractivity contribution in [3.8, 4) is 64.2 Å². The lowest BCUT2D eigenvalue weighted by atomic mass is 9.98. The molecule has 0 N–H and O–H groups in total. The second-order valence-corrected chi connectivity index (χ2v) is 12.6. The molecule has 7 rings (SSSR count). The Morgan fingerprint density at radius 2 is 1.31 bits per heavy atom. The number of nitrogens with zero attached hydrogens (tertiary/aromatic N) is 2. The van der Waals surface area contributed by atoms with E-state index in [-0.39, 0.29) is 13.2 Å². The van der Waals surface area contributed by atoms with Crippen LogP contribution in [0.4, 0.5) is 11.4 Å². The third-order valence-electron chi connectivity index (χ3n) is 9.47. The first kappa shape index (κ1) is 33.2. The quantitative estimate of drug-likeness (QED) is 0.128. The minimum absolute atomic E-state index is 0.257. The van der Waals surface area contributed by atoms with Crippen LogP contribution in [0.15, 0.2) is 121 Å². The van der Waals surface area contributed by atoms with E-state index in [9.17, 15) is 0 Å². The molecular formula is C46H40N2O3. The Bertz CT molecular complexity index is 2240. The molecule has 6 aromatic rings. The number of hydrogen-bond donors (Lipinski definition) is 0. The van der Waals surface area contributed by atoms with Crippen LogP contribution in [-0.4, -0.2) is 26.5 Å². The zero-order valence-electron chi connectivity index (χ0n) is 29.1. The van der Waals surface area contributed by atoms with E-state index in [4.69, 9.17) is 27.1 Å². The van der Waals surface area contributed by atoms with Crippen molar-refractivity contribution >= 4 is 22.1 Å². The second kappa shape index (κ2) is 15.1. The zero-order chi connectivity index (χ0) is 35.2. The summed E-state index contributed by atoms with van der Waals surface area (Å²) in [5.41, 5.74) is 10.6. The Balaban J connectivity index is 1.13. The number of ether oxygens (including phenoxy) is 3. The number of rotatable bonds is 11. The molecule has 0 aromatic heterocycles. The average molecular weight is 669 g/mol. The number of anilines is 2. The molecule has 0 radical (unpaired) electrons. The number of aryl methyl sites for hydroxylation is 1. The Morgan fingerprint density at radius 1 is 0.706 bits per heavy atom. The summed E-state index contributed by atoms with van der Waals surface area (Å²) in [5.74, 6) is 7.49. The van der Waals surface area contributed by atoms with Crippen LogP contribution < -0.4 is 24.0 Å². The van der Waals surface area contributed by atoms with Crippen LogP contribution in [-0.2, 0) is 13.1 Å². The predicted molar refractivity (Wildman–Crippen MR) is 209 cm³/mol. The normalized spacial score (nSPS) is 12.0. The molecule has 1 aliphatic heterocycles. The summed E-state index contributed by atoms with van der Waals surface area (Å²) in [4.78, 5) is 4.79. The van der Waals surface area contributed by atoms with Gasteiger partial charge in [-0.2, -0.15) is 0 Å². The van der Waals surface area contributed by atoms with E-state index in [1.165, 1.54) is 33.2 Å². The van der Waals surface area contributed by atoms with Crippen molar-refractivity contribution in [3.63, 3.8) is 0 Å². The Labute approximate surface area is 301 Å². The number of fused-ring (bicyclic) bond motifs is 2. The highest BCUT2D eigenvalue weighted by atomic mass is 16.5. The van der Waals surface area contributed by atoms with E-state index in [2.05, 4.69) is 133 Å². The van der Waals surface area contributed by atoms with Gasteiger partial charge in [0.25, 0.3) is 0 Å². The summed E-state index contributed by atoms with van der Waals surface area (Å²) >= 11 is 0. The second-order valence-electron chi connectivity index (χ2n) is 12.6. The van der Waals surface area contributed by atoms with Gasteiger partial charge in [-0.15, -0.1) is 12.8 Å². The number of benzene rings is 6. The molecule has 0 atom stereocenters. The first-order valence-corrected chi connectivity index (χ1v) is 17.2. The largest absolute Gasteiger partial charge is 0.481 e. The minimum Gasteiger partial charge on any atom is -0.481 e. The molecule has 252 valence electrons. The van der Waals surface area contributed by atoms with Gasteiger partial charge in [0.2, 0.25) is 0 Å². The van der Waals surface area contributed by atoms with Gasteiger partial charge in [0.05, 0.1) is 0 Å². The van der Waals surface area contributed by atoms with Crippen LogP contribution in [0, 0.1) is 31.6 Å². The van der Waals surface area contributed by atoms with Gasteiger partial charge in [0.15, 0.2) is 6.73 Å². The minimum atomic E-state index is 0.257. The molecule has 1 heterocycles. The molecule has 0 aliphatic carbocycles. The Morgan fingerprint density at radius 3 is 1.98 bits per heavy atom. The van der Waals surface area contributed by atoms with Gasteiger partial charge in [-0.25, -0.2) is 0 Å². The third kappa shape index (κ3) is 7.20. The van der Waals surface area contributed by atoms with Crippen LogP contribution in [0.3, 0.4) is 0 Å². The molecule has 0 spiro atoms. The summed E-state index contributed by atoms with van der Waals surface area (Å²) in [6.45, 7) is 7.83. The highest BCUT2D eigenvalue weighted by molar-refractivity contribution is 6.02. The molecule has 0 bridgehead atoms. The molecule has 0 saturated heterocycles. The topological polar surface area (TPSA) is 34.2 Å². The molecule has 51 heavy (non-hydrogen) atoms. The van der Waals surface area contributed by atoms with E-state index in [1.54, 1.807) is 0 Å². The summed E-state index contributed by atoms with van der Waals surface area (Å²) in [7, 11) is 0. The average Bonchev–Trinajstić information content (AvgIpc) is 3.18. The molecule has 0 amide bonds. The first-order chi connectivity index (χ1) is 25.0. The third-order valence-corrected chi connectivity index (χ3v) is 9.47. The predicted octanol–water partition coefficient (Wildman–Crippen LogP) is 9.89. The zero-order valence-corrected chi connectivity index (χ0v) is 29.1.